The quantitative estimate of drug-likeness (QED) is 0.919. The van der Waals surface area contributed by atoms with Crippen molar-refractivity contribution >= 4 is 34.5 Å². The van der Waals surface area contributed by atoms with Gasteiger partial charge in [-0.05, 0) is 25.5 Å². The fourth-order valence-electron chi connectivity index (χ4n) is 2.51. The van der Waals surface area contributed by atoms with Crippen molar-refractivity contribution in [2.45, 2.75) is 25.7 Å². The summed E-state index contributed by atoms with van der Waals surface area (Å²) in [5.74, 6) is -0.0127. The van der Waals surface area contributed by atoms with Gasteiger partial charge in [0.2, 0.25) is 5.91 Å². The Balaban J connectivity index is 2.05. The highest BCUT2D eigenvalue weighted by molar-refractivity contribution is 7.09. The molecule has 1 aliphatic rings. The number of aromatic nitrogens is 1. The van der Waals surface area contributed by atoms with Crippen LogP contribution in [0.1, 0.15) is 23.2 Å². The highest BCUT2D eigenvalue weighted by atomic mass is 35.5. The molecule has 3 nitrogen and oxygen atoms in total. The largest absolute Gasteiger partial charge is 0.324 e. The van der Waals surface area contributed by atoms with Crippen LogP contribution in [0.3, 0.4) is 0 Å². The average molecular weight is 293 g/mol. The highest BCUT2D eigenvalue weighted by Crippen LogP contribution is 2.43. The van der Waals surface area contributed by atoms with Crippen molar-refractivity contribution in [2.24, 2.45) is 0 Å². The Labute approximate surface area is 120 Å². The monoisotopic (exact) mass is 292 g/mol. The number of hydrogen-bond acceptors (Lipinski definition) is 3. The van der Waals surface area contributed by atoms with Crippen LogP contribution in [0.2, 0.25) is 5.02 Å². The summed E-state index contributed by atoms with van der Waals surface area (Å²) in [6, 6.07) is 5.63. The topological polar surface area (TPSA) is 42.0 Å². The summed E-state index contributed by atoms with van der Waals surface area (Å²) in [5, 5.41) is 6.50. The smallest absolute Gasteiger partial charge is 0.235 e. The first-order valence-corrected chi connectivity index (χ1v) is 7.28. The summed E-state index contributed by atoms with van der Waals surface area (Å²) < 4.78 is 0. The molecule has 1 unspecified atom stereocenters. The first-order valence-electron chi connectivity index (χ1n) is 6.02. The summed E-state index contributed by atoms with van der Waals surface area (Å²) >= 11 is 7.74. The van der Waals surface area contributed by atoms with E-state index in [9.17, 15) is 4.79 Å². The third-order valence-electron chi connectivity index (χ3n) is 3.55. The van der Waals surface area contributed by atoms with Gasteiger partial charge in [-0.3, -0.25) is 4.79 Å². The number of para-hydroxylation sites is 1. The van der Waals surface area contributed by atoms with E-state index in [1.54, 1.807) is 17.4 Å². The third kappa shape index (κ3) is 1.95. The summed E-state index contributed by atoms with van der Waals surface area (Å²) in [4.78, 5) is 16.8. The molecule has 0 aliphatic carbocycles. The molecular formula is C14H13ClN2OS. The van der Waals surface area contributed by atoms with Crippen LogP contribution in [-0.2, 0) is 16.6 Å². The van der Waals surface area contributed by atoms with E-state index in [1.807, 2.05) is 31.4 Å². The molecule has 5 heteroatoms. The molecule has 2 heterocycles. The molecule has 0 bridgehead atoms. The molecule has 98 valence electrons. The zero-order valence-corrected chi connectivity index (χ0v) is 12.2. The number of nitrogens with one attached hydrogen (secondary N) is 1. The summed E-state index contributed by atoms with van der Waals surface area (Å²) in [7, 11) is 0. The van der Waals surface area contributed by atoms with Gasteiger partial charge < -0.3 is 5.32 Å². The summed E-state index contributed by atoms with van der Waals surface area (Å²) in [6.45, 7) is 3.91. The van der Waals surface area contributed by atoms with E-state index in [2.05, 4.69) is 10.3 Å². The van der Waals surface area contributed by atoms with Gasteiger partial charge in [-0.2, -0.15) is 0 Å². The van der Waals surface area contributed by atoms with E-state index in [-0.39, 0.29) is 5.91 Å². The number of fused-ring (bicyclic) bond motifs is 1. The Morgan fingerprint density at radius 2 is 2.26 bits per heavy atom. The van der Waals surface area contributed by atoms with E-state index < -0.39 is 5.41 Å². The second-order valence-electron chi connectivity index (χ2n) is 4.98. The number of amides is 1. The number of thiazole rings is 1. The predicted octanol–water partition coefficient (Wildman–Crippen LogP) is 3.56. The van der Waals surface area contributed by atoms with E-state index in [4.69, 9.17) is 11.6 Å². The number of halogens is 1. The number of nitrogens with zero attached hydrogens (tertiary/aromatic N) is 1. The van der Waals surface area contributed by atoms with Crippen LogP contribution in [0.5, 0.6) is 0 Å². The molecule has 0 spiro atoms. The van der Waals surface area contributed by atoms with Crippen LogP contribution >= 0.6 is 22.9 Å². The standard InChI is InChI=1S/C14H13ClN2OS/c1-8-16-9(7-19-8)6-14(2)10-4-3-5-11(15)12(10)17-13(14)18/h3-5,7H,6H2,1-2H3,(H,17,18). The van der Waals surface area contributed by atoms with Crippen molar-refractivity contribution in [2.75, 3.05) is 5.32 Å². The number of carbonyl (C=O) groups is 1. The van der Waals surface area contributed by atoms with Gasteiger partial charge in [0, 0.05) is 11.8 Å². The molecule has 19 heavy (non-hydrogen) atoms. The number of benzene rings is 1. The van der Waals surface area contributed by atoms with E-state index in [0.717, 1.165) is 22.0 Å². The lowest BCUT2D eigenvalue weighted by Crippen LogP contribution is -2.33. The summed E-state index contributed by atoms with van der Waals surface area (Å²) in [5.41, 5.74) is 2.05. The zero-order chi connectivity index (χ0) is 13.6. The molecule has 1 N–H and O–H groups in total. The van der Waals surface area contributed by atoms with Gasteiger partial charge in [0.05, 0.1) is 26.8 Å². The Bertz CT molecular complexity index is 667. The van der Waals surface area contributed by atoms with Crippen LogP contribution in [-0.4, -0.2) is 10.9 Å². The minimum absolute atomic E-state index is 0.0127. The lowest BCUT2D eigenvalue weighted by molar-refractivity contribution is -0.120. The van der Waals surface area contributed by atoms with Gasteiger partial charge in [0.1, 0.15) is 0 Å². The van der Waals surface area contributed by atoms with Crippen molar-refractivity contribution in [1.82, 2.24) is 4.98 Å². The molecule has 1 atom stereocenters. The molecule has 2 aromatic rings. The minimum atomic E-state index is -0.596. The van der Waals surface area contributed by atoms with E-state index >= 15 is 0 Å². The first kappa shape index (κ1) is 12.6. The highest BCUT2D eigenvalue weighted by Gasteiger charge is 2.43. The van der Waals surface area contributed by atoms with Crippen molar-refractivity contribution in [3.05, 3.63) is 44.9 Å². The Kier molecular flexibility index (Phi) is 2.87. The van der Waals surface area contributed by atoms with E-state index in [0.29, 0.717) is 11.4 Å². The number of aryl methyl sites for hydroxylation is 1. The van der Waals surface area contributed by atoms with Crippen molar-refractivity contribution in [3.8, 4) is 0 Å². The SMILES string of the molecule is Cc1nc(CC2(C)C(=O)Nc3c(Cl)cccc32)cs1. The molecule has 0 fully saturated rings. The first-order chi connectivity index (χ1) is 9.00. The number of rotatable bonds is 2. The van der Waals surface area contributed by atoms with Gasteiger partial charge in [-0.25, -0.2) is 4.98 Å². The van der Waals surface area contributed by atoms with Crippen LogP contribution < -0.4 is 5.32 Å². The second-order valence-corrected chi connectivity index (χ2v) is 6.45. The molecule has 1 aliphatic heterocycles. The van der Waals surface area contributed by atoms with Crippen molar-refractivity contribution in [3.63, 3.8) is 0 Å². The normalized spacial score (nSPS) is 21.3. The van der Waals surface area contributed by atoms with Gasteiger partial charge in [-0.15, -0.1) is 11.3 Å². The van der Waals surface area contributed by atoms with Crippen LogP contribution in [0, 0.1) is 6.92 Å². The fourth-order valence-corrected chi connectivity index (χ4v) is 3.35. The maximum Gasteiger partial charge on any atom is 0.235 e. The Morgan fingerprint density at radius 3 is 2.95 bits per heavy atom. The molecule has 3 rings (SSSR count). The number of carbonyl (C=O) groups excluding carboxylic acids is 1. The van der Waals surface area contributed by atoms with Crippen LogP contribution in [0.4, 0.5) is 5.69 Å². The molecule has 0 saturated carbocycles. The van der Waals surface area contributed by atoms with Gasteiger partial charge in [0.25, 0.3) is 0 Å². The second kappa shape index (κ2) is 4.32. The molecule has 0 saturated heterocycles. The lowest BCUT2D eigenvalue weighted by atomic mass is 9.80. The molecule has 1 amide bonds. The van der Waals surface area contributed by atoms with Crippen molar-refractivity contribution < 1.29 is 4.79 Å². The fraction of sp³-hybridized carbons (Fsp3) is 0.286. The number of hydrogen-bond donors (Lipinski definition) is 1. The van der Waals surface area contributed by atoms with Gasteiger partial charge in [-0.1, -0.05) is 23.7 Å². The third-order valence-corrected chi connectivity index (χ3v) is 4.69. The maximum atomic E-state index is 12.3. The summed E-state index contributed by atoms with van der Waals surface area (Å²) in [6.07, 6.45) is 0.594. The van der Waals surface area contributed by atoms with Gasteiger partial charge in [0.15, 0.2) is 0 Å². The number of anilines is 1. The average Bonchev–Trinajstić information content (AvgIpc) is 2.86. The molecule has 1 aromatic carbocycles. The van der Waals surface area contributed by atoms with Gasteiger partial charge >= 0.3 is 0 Å². The van der Waals surface area contributed by atoms with Crippen LogP contribution in [0.15, 0.2) is 23.6 Å². The molecule has 0 radical (unpaired) electrons. The molecule has 1 aromatic heterocycles. The maximum absolute atomic E-state index is 12.3. The molecular weight excluding hydrogens is 280 g/mol. The van der Waals surface area contributed by atoms with Crippen LogP contribution in [0.25, 0.3) is 0 Å². The van der Waals surface area contributed by atoms with E-state index in [1.165, 1.54) is 0 Å². The zero-order valence-electron chi connectivity index (χ0n) is 10.7. The lowest BCUT2D eigenvalue weighted by Gasteiger charge is -2.21. The Hall–Kier alpha value is -1.39. The van der Waals surface area contributed by atoms with Crippen molar-refractivity contribution in [1.29, 1.82) is 0 Å². The predicted molar refractivity (Wildman–Crippen MR) is 78.0 cm³/mol. The Morgan fingerprint density at radius 1 is 1.47 bits per heavy atom. The minimum Gasteiger partial charge on any atom is -0.324 e.